The first-order valence-electron chi connectivity index (χ1n) is 15.3. The fourth-order valence-electron chi connectivity index (χ4n) is 5.08. The van der Waals surface area contributed by atoms with E-state index in [1.807, 2.05) is 101 Å². The van der Waals surface area contributed by atoms with Crippen LogP contribution < -0.4 is 9.62 Å². The highest BCUT2D eigenvalue weighted by Gasteiger charge is 2.35. The molecule has 0 spiro atoms. The number of sulfonamides is 1. The first-order chi connectivity index (χ1) is 21.5. The molecule has 8 heteroatoms. The SMILES string of the molecule is CC[C@H](C)NC(=O)[C@@H](Cc1ccccc1)N(Cc1cccc(C)c1)C(=O)CN(c1ccc(C)cc1)S(=O)(=O)c1ccc(C)cc1. The summed E-state index contributed by atoms with van der Waals surface area (Å²) in [6, 6.07) is 30.0. The van der Waals surface area contributed by atoms with E-state index in [-0.39, 0.29) is 29.8 Å². The van der Waals surface area contributed by atoms with Crippen LogP contribution in [0, 0.1) is 20.8 Å². The minimum absolute atomic E-state index is 0.0852. The van der Waals surface area contributed by atoms with Crippen molar-refractivity contribution in [3.63, 3.8) is 0 Å². The van der Waals surface area contributed by atoms with Crippen LogP contribution in [0.25, 0.3) is 0 Å². The summed E-state index contributed by atoms with van der Waals surface area (Å²) in [6.07, 6.45) is 1.00. The fraction of sp³-hybridized carbons (Fsp3) is 0.297. The number of aryl methyl sites for hydroxylation is 3. The third-order valence-corrected chi connectivity index (χ3v) is 9.71. The average molecular weight is 626 g/mol. The highest BCUT2D eigenvalue weighted by Crippen LogP contribution is 2.26. The summed E-state index contributed by atoms with van der Waals surface area (Å²) in [6.45, 7) is 9.35. The fourth-order valence-corrected chi connectivity index (χ4v) is 6.49. The standard InChI is InChI=1S/C37H43N3O4S/c1-6-30(5)38-37(42)35(24-31-12-8-7-9-13-31)39(25-32-14-10-11-29(4)23-32)36(41)26-40(33-19-15-27(2)16-20-33)45(43,44)34-21-17-28(3)18-22-34/h7-23,30,35H,6,24-26H2,1-5H3,(H,38,42)/t30-,35+/m0/s1. The van der Waals surface area contributed by atoms with E-state index in [1.165, 1.54) is 4.90 Å². The number of carbonyl (C=O) groups is 2. The van der Waals surface area contributed by atoms with Gasteiger partial charge in [-0.1, -0.05) is 102 Å². The van der Waals surface area contributed by atoms with Crippen molar-refractivity contribution in [3.8, 4) is 0 Å². The van der Waals surface area contributed by atoms with Crippen LogP contribution in [0.3, 0.4) is 0 Å². The molecule has 2 amide bonds. The number of nitrogens with one attached hydrogen (secondary N) is 1. The Kier molecular flexibility index (Phi) is 11.2. The highest BCUT2D eigenvalue weighted by molar-refractivity contribution is 7.92. The summed E-state index contributed by atoms with van der Waals surface area (Å²) < 4.78 is 29.4. The molecule has 236 valence electrons. The molecular weight excluding hydrogens is 582 g/mol. The van der Waals surface area contributed by atoms with Gasteiger partial charge in [-0.25, -0.2) is 8.42 Å². The van der Waals surface area contributed by atoms with Gasteiger partial charge in [0.1, 0.15) is 12.6 Å². The number of carbonyl (C=O) groups excluding carboxylic acids is 2. The summed E-state index contributed by atoms with van der Waals surface area (Å²) in [7, 11) is -4.13. The van der Waals surface area contributed by atoms with Gasteiger partial charge in [-0.3, -0.25) is 13.9 Å². The van der Waals surface area contributed by atoms with Gasteiger partial charge in [-0.15, -0.1) is 0 Å². The quantitative estimate of drug-likeness (QED) is 0.187. The Balaban J connectivity index is 1.80. The molecule has 0 aliphatic rings. The number of nitrogens with zero attached hydrogens (tertiary/aromatic N) is 2. The summed E-state index contributed by atoms with van der Waals surface area (Å²) in [5.74, 6) is -0.759. The van der Waals surface area contributed by atoms with E-state index in [4.69, 9.17) is 0 Å². The predicted octanol–water partition coefficient (Wildman–Crippen LogP) is 6.36. The Hall–Kier alpha value is -4.43. The van der Waals surface area contributed by atoms with Crippen molar-refractivity contribution in [1.29, 1.82) is 0 Å². The molecule has 1 N–H and O–H groups in total. The van der Waals surface area contributed by atoms with E-state index >= 15 is 0 Å². The Labute approximate surface area is 268 Å². The van der Waals surface area contributed by atoms with Crippen molar-refractivity contribution in [2.45, 2.75) is 71.0 Å². The molecule has 0 aliphatic carbocycles. The Morgan fingerprint density at radius 2 is 1.36 bits per heavy atom. The molecule has 45 heavy (non-hydrogen) atoms. The van der Waals surface area contributed by atoms with Crippen LogP contribution in [0.5, 0.6) is 0 Å². The summed E-state index contributed by atoms with van der Waals surface area (Å²) in [5.41, 5.74) is 5.02. The molecule has 4 aromatic carbocycles. The van der Waals surface area contributed by atoms with Crippen LogP contribution in [-0.2, 0) is 32.6 Å². The number of rotatable bonds is 13. The molecule has 0 aromatic heterocycles. The van der Waals surface area contributed by atoms with E-state index in [1.54, 1.807) is 36.4 Å². The zero-order valence-electron chi connectivity index (χ0n) is 26.7. The molecule has 4 rings (SSSR count). The molecule has 0 fully saturated rings. The van der Waals surface area contributed by atoms with Crippen molar-refractivity contribution in [3.05, 3.63) is 131 Å². The summed E-state index contributed by atoms with van der Waals surface area (Å²) in [5, 5.41) is 3.07. The predicted molar refractivity (Wildman–Crippen MR) is 180 cm³/mol. The largest absolute Gasteiger partial charge is 0.352 e. The second kappa shape index (κ2) is 15.0. The molecule has 0 heterocycles. The van der Waals surface area contributed by atoms with E-state index in [0.29, 0.717) is 5.69 Å². The maximum absolute atomic E-state index is 14.5. The van der Waals surface area contributed by atoms with Crippen LogP contribution in [0.15, 0.2) is 108 Å². The van der Waals surface area contributed by atoms with Gasteiger partial charge < -0.3 is 10.2 Å². The smallest absolute Gasteiger partial charge is 0.264 e. The molecule has 0 bridgehead atoms. The molecule has 0 radical (unpaired) electrons. The number of amides is 2. The lowest BCUT2D eigenvalue weighted by atomic mass is 10.0. The second-order valence-electron chi connectivity index (χ2n) is 11.7. The van der Waals surface area contributed by atoms with Crippen molar-refractivity contribution in [1.82, 2.24) is 10.2 Å². The van der Waals surface area contributed by atoms with Crippen molar-refractivity contribution >= 4 is 27.5 Å². The van der Waals surface area contributed by atoms with E-state index < -0.39 is 28.5 Å². The normalized spacial score (nSPS) is 12.6. The molecular formula is C37H43N3O4S. The van der Waals surface area contributed by atoms with Crippen LogP contribution in [0.2, 0.25) is 0 Å². The van der Waals surface area contributed by atoms with Gasteiger partial charge in [0.2, 0.25) is 11.8 Å². The van der Waals surface area contributed by atoms with E-state index in [9.17, 15) is 18.0 Å². The number of hydrogen-bond donors (Lipinski definition) is 1. The monoisotopic (exact) mass is 625 g/mol. The number of hydrogen-bond acceptors (Lipinski definition) is 4. The molecule has 0 aliphatic heterocycles. The maximum atomic E-state index is 14.5. The maximum Gasteiger partial charge on any atom is 0.264 e. The van der Waals surface area contributed by atoms with Gasteiger partial charge in [-0.2, -0.15) is 0 Å². The van der Waals surface area contributed by atoms with Gasteiger partial charge in [0.25, 0.3) is 10.0 Å². The van der Waals surface area contributed by atoms with Gasteiger partial charge in [0.05, 0.1) is 10.6 Å². The van der Waals surface area contributed by atoms with Gasteiger partial charge in [0, 0.05) is 19.0 Å². The van der Waals surface area contributed by atoms with Crippen molar-refractivity contribution in [2.75, 3.05) is 10.8 Å². The van der Waals surface area contributed by atoms with Crippen molar-refractivity contribution in [2.24, 2.45) is 0 Å². The molecule has 2 atom stereocenters. The van der Waals surface area contributed by atoms with Crippen LogP contribution in [-0.4, -0.2) is 43.8 Å². The van der Waals surface area contributed by atoms with E-state index in [0.717, 1.165) is 38.5 Å². The van der Waals surface area contributed by atoms with Gasteiger partial charge in [0.15, 0.2) is 0 Å². The van der Waals surface area contributed by atoms with Gasteiger partial charge >= 0.3 is 0 Å². The lowest BCUT2D eigenvalue weighted by Gasteiger charge is -2.34. The topological polar surface area (TPSA) is 86.8 Å². The summed E-state index contributed by atoms with van der Waals surface area (Å²) in [4.78, 5) is 30.1. The Morgan fingerprint density at radius 3 is 1.96 bits per heavy atom. The Morgan fingerprint density at radius 1 is 0.756 bits per heavy atom. The molecule has 7 nitrogen and oxygen atoms in total. The van der Waals surface area contributed by atoms with Crippen LogP contribution in [0.4, 0.5) is 5.69 Å². The summed E-state index contributed by atoms with van der Waals surface area (Å²) >= 11 is 0. The minimum atomic E-state index is -4.13. The second-order valence-corrected chi connectivity index (χ2v) is 13.6. The van der Waals surface area contributed by atoms with Crippen LogP contribution >= 0.6 is 0 Å². The molecule has 0 saturated carbocycles. The lowest BCUT2D eigenvalue weighted by molar-refractivity contribution is -0.140. The number of benzene rings is 4. The Bertz CT molecular complexity index is 1690. The van der Waals surface area contributed by atoms with Crippen LogP contribution in [0.1, 0.15) is 48.1 Å². The molecule has 0 unspecified atom stereocenters. The zero-order chi connectivity index (χ0) is 32.6. The first kappa shape index (κ1) is 33.5. The number of anilines is 1. The average Bonchev–Trinajstić information content (AvgIpc) is 3.02. The lowest BCUT2D eigenvalue weighted by Crippen LogP contribution is -2.54. The molecule has 4 aromatic rings. The molecule has 0 saturated heterocycles. The van der Waals surface area contributed by atoms with Crippen molar-refractivity contribution < 1.29 is 18.0 Å². The third kappa shape index (κ3) is 8.82. The first-order valence-corrected chi connectivity index (χ1v) is 16.8. The minimum Gasteiger partial charge on any atom is -0.352 e. The van der Waals surface area contributed by atoms with Gasteiger partial charge in [-0.05, 0) is 69.5 Å². The van der Waals surface area contributed by atoms with E-state index in [2.05, 4.69) is 5.32 Å². The third-order valence-electron chi connectivity index (χ3n) is 7.92. The zero-order valence-corrected chi connectivity index (χ0v) is 27.6. The highest BCUT2D eigenvalue weighted by atomic mass is 32.2.